The highest BCUT2D eigenvalue weighted by Crippen LogP contribution is 2.38. The first-order valence-corrected chi connectivity index (χ1v) is 29.3. The lowest BCUT2D eigenvalue weighted by atomic mass is 10.1. The monoisotopic (exact) mass is 1010 g/mol. The van der Waals surface area contributed by atoms with E-state index in [0.29, 0.717) is 23.9 Å². The van der Waals surface area contributed by atoms with Crippen molar-refractivity contribution in [2.75, 3.05) is 40.9 Å². The average Bonchev–Trinajstić information content (AvgIpc) is 3.33. The van der Waals surface area contributed by atoms with Gasteiger partial charge in [0, 0.05) is 12.8 Å². The standard InChI is InChI=1S/C61H103N2O7P/c1-7-10-13-16-19-22-25-28-30-31-32-33-34-36-39-42-45-48-51-54-61(65)70-59(52-49-46-43-40-37-27-24-21-18-15-12-9-3)58(57-69-71(66,67)68-56-55-63(4,5)6)62-60(64)53-50-47-44-41-38-35-29-26-23-20-17-14-11-8-2/h10-11,13-14,19-20,22-23,28-30,32-33,35-36,39,45,48-49,52,58-59H,7-9,12,15-18,21,24-27,31,34,37-38,40-44,46-47,50-51,53-57H2,1-6H3,(H-,62,64,66,67)/b13-10-,14-11+,22-19-,23-20+,30-28-,33-32-,35-29+,39-36-,48-45-,52-49+. The Bertz CT molecular complexity index is 1630. The van der Waals surface area contributed by atoms with Gasteiger partial charge in [-0.05, 0) is 102 Å². The molecule has 0 aliphatic heterocycles. The predicted octanol–water partition coefficient (Wildman–Crippen LogP) is 16.1. The maximum Gasteiger partial charge on any atom is 0.306 e. The molecule has 3 unspecified atom stereocenters. The number of hydrogen-bond donors (Lipinski definition) is 1. The minimum Gasteiger partial charge on any atom is -0.756 e. The number of rotatable bonds is 48. The fourth-order valence-corrected chi connectivity index (χ4v) is 7.87. The molecule has 0 fully saturated rings. The van der Waals surface area contributed by atoms with E-state index in [4.69, 9.17) is 13.8 Å². The van der Waals surface area contributed by atoms with Crippen molar-refractivity contribution < 1.29 is 37.3 Å². The van der Waals surface area contributed by atoms with Gasteiger partial charge in [-0.25, -0.2) is 0 Å². The van der Waals surface area contributed by atoms with E-state index >= 15 is 0 Å². The van der Waals surface area contributed by atoms with Crippen LogP contribution in [0.1, 0.15) is 201 Å². The normalized spacial score (nSPS) is 14.7. The van der Waals surface area contributed by atoms with E-state index in [1.807, 2.05) is 39.4 Å². The third-order valence-corrected chi connectivity index (χ3v) is 12.4. The van der Waals surface area contributed by atoms with Crippen LogP contribution in [0.2, 0.25) is 0 Å². The molecule has 404 valence electrons. The molecule has 0 spiro atoms. The highest BCUT2D eigenvalue weighted by molar-refractivity contribution is 7.45. The first-order valence-electron chi connectivity index (χ1n) is 27.8. The van der Waals surface area contributed by atoms with Crippen molar-refractivity contribution in [2.45, 2.75) is 213 Å². The van der Waals surface area contributed by atoms with Crippen LogP contribution in [0.25, 0.3) is 0 Å². The molecule has 0 heterocycles. The Kier molecular flexibility index (Phi) is 47.4. The Morgan fingerprint density at radius 1 is 0.507 bits per heavy atom. The molecule has 3 atom stereocenters. The molecule has 1 amide bonds. The molecule has 0 aliphatic carbocycles. The molecule has 0 aromatic heterocycles. The van der Waals surface area contributed by atoms with E-state index < -0.39 is 32.5 Å². The molecule has 9 nitrogen and oxygen atoms in total. The summed E-state index contributed by atoms with van der Waals surface area (Å²) in [4.78, 5) is 39.8. The van der Waals surface area contributed by atoms with E-state index in [1.165, 1.54) is 51.4 Å². The quantitative estimate of drug-likeness (QED) is 0.0212. The summed E-state index contributed by atoms with van der Waals surface area (Å²) in [6.45, 7) is 6.51. The largest absolute Gasteiger partial charge is 0.756 e. The number of amides is 1. The van der Waals surface area contributed by atoms with Gasteiger partial charge in [0.25, 0.3) is 7.82 Å². The molecular formula is C61H103N2O7P. The zero-order valence-electron chi connectivity index (χ0n) is 45.9. The van der Waals surface area contributed by atoms with Crippen molar-refractivity contribution >= 4 is 19.7 Å². The third kappa shape index (κ3) is 51.1. The third-order valence-electron chi connectivity index (χ3n) is 11.4. The van der Waals surface area contributed by atoms with Gasteiger partial charge < -0.3 is 28.5 Å². The zero-order chi connectivity index (χ0) is 52.2. The van der Waals surface area contributed by atoms with Crippen molar-refractivity contribution in [1.82, 2.24) is 5.32 Å². The minimum absolute atomic E-state index is 0.0448. The van der Waals surface area contributed by atoms with Crippen LogP contribution < -0.4 is 10.2 Å². The van der Waals surface area contributed by atoms with Crippen molar-refractivity contribution in [1.29, 1.82) is 0 Å². The van der Waals surface area contributed by atoms with Crippen LogP contribution in [0.5, 0.6) is 0 Å². The zero-order valence-corrected chi connectivity index (χ0v) is 46.8. The Morgan fingerprint density at radius 3 is 1.38 bits per heavy atom. The smallest absolute Gasteiger partial charge is 0.306 e. The lowest BCUT2D eigenvalue weighted by Crippen LogP contribution is -2.47. The molecule has 0 saturated heterocycles. The second-order valence-electron chi connectivity index (χ2n) is 19.3. The van der Waals surface area contributed by atoms with Crippen LogP contribution in [0, 0.1) is 0 Å². The Morgan fingerprint density at radius 2 is 0.915 bits per heavy atom. The van der Waals surface area contributed by atoms with Crippen molar-refractivity contribution in [2.24, 2.45) is 0 Å². The second kappa shape index (κ2) is 50.0. The fourth-order valence-electron chi connectivity index (χ4n) is 7.15. The van der Waals surface area contributed by atoms with Gasteiger partial charge in [-0.3, -0.25) is 14.2 Å². The van der Waals surface area contributed by atoms with Gasteiger partial charge in [0.1, 0.15) is 19.3 Å². The molecule has 10 heteroatoms. The summed E-state index contributed by atoms with van der Waals surface area (Å²) in [5.74, 6) is -0.677. The number of likely N-dealkylation sites (N-methyl/N-ethyl adjacent to an activating group) is 1. The van der Waals surface area contributed by atoms with Crippen LogP contribution in [0.3, 0.4) is 0 Å². The molecule has 71 heavy (non-hydrogen) atoms. The fraction of sp³-hybridized carbons (Fsp3) is 0.639. The van der Waals surface area contributed by atoms with E-state index in [0.717, 1.165) is 103 Å². The summed E-state index contributed by atoms with van der Waals surface area (Å²) >= 11 is 0. The van der Waals surface area contributed by atoms with Gasteiger partial charge in [-0.15, -0.1) is 0 Å². The first-order chi connectivity index (χ1) is 34.4. The number of ether oxygens (including phenoxy) is 1. The van der Waals surface area contributed by atoms with Gasteiger partial charge in [0.2, 0.25) is 5.91 Å². The molecule has 0 aliphatic rings. The number of phosphoric acid groups is 1. The SMILES string of the molecule is CC/C=C\C/C=C\C/C=C\C/C=C\C/C=C\C/C=C\CCC(=O)OC(/C=C/CCCCCCCCCCCC)C(COP(=O)([O-])OCC[N+](C)(C)C)NC(=O)CCCCCC/C=C/C/C=C/C/C=C/CC. The molecule has 0 bridgehead atoms. The summed E-state index contributed by atoms with van der Waals surface area (Å²) in [5.41, 5.74) is 0. The number of esters is 1. The number of quaternary nitrogens is 1. The number of hydrogen-bond acceptors (Lipinski definition) is 7. The van der Waals surface area contributed by atoms with E-state index in [1.54, 1.807) is 6.08 Å². The maximum atomic E-state index is 13.4. The highest BCUT2D eigenvalue weighted by atomic mass is 31.2. The number of allylic oxidation sites excluding steroid dienone is 19. The summed E-state index contributed by atoms with van der Waals surface area (Å²) in [7, 11) is 1.11. The number of nitrogens with one attached hydrogen (secondary N) is 1. The first kappa shape index (κ1) is 67.4. The summed E-state index contributed by atoms with van der Waals surface area (Å²) in [6, 6.07) is -0.938. The van der Waals surface area contributed by atoms with Gasteiger partial charge in [-0.2, -0.15) is 0 Å². The summed E-state index contributed by atoms with van der Waals surface area (Å²) < 4.78 is 30.1. The molecule has 0 radical (unpaired) electrons. The van der Waals surface area contributed by atoms with Crippen LogP contribution in [0.4, 0.5) is 0 Å². The van der Waals surface area contributed by atoms with Crippen molar-refractivity contribution in [3.8, 4) is 0 Å². The molecule has 0 aromatic rings. The van der Waals surface area contributed by atoms with Gasteiger partial charge in [0.15, 0.2) is 0 Å². The topological polar surface area (TPSA) is 114 Å². The van der Waals surface area contributed by atoms with Gasteiger partial charge >= 0.3 is 5.97 Å². The van der Waals surface area contributed by atoms with Crippen LogP contribution in [-0.4, -0.2) is 69.4 Å². The predicted molar refractivity (Wildman–Crippen MR) is 302 cm³/mol. The summed E-state index contributed by atoms with van der Waals surface area (Å²) in [6.07, 6.45) is 69.0. The van der Waals surface area contributed by atoms with Crippen molar-refractivity contribution in [3.05, 3.63) is 122 Å². The minimum atomic E-state index is -4.72. The molecule has 1 N–H and O–H groups in total. The Balaban J connectivity index is 5.54. The van der Waals surface area contributed by atoms with Gasteiger partial charge in [-0.1, -0.05) is 207 Å². The molecule has 0 aromatic carbocycles. The van der Waals surface area contributed by atoms with Crippen LogP contribution in [-0.2, 0) is 27.9 Å². The number of carbonyl (C=O) groups is 2. The Hall–Kier alpha value is -3.59. The maximum absolute atomic E-state index is 13.4. The lowest BCUT2D eigenvalue weighted by Gasteiger charge is -2.30. The van der Waals surface area contributed by atoms with E-state index in [9.17, 15) is 19.0 Å². The number of unbranched alkanes of at least 4 members (excludes halogenated alkanes) is 14. The van der Waals surface area contributed by atoms with Crippen molar-refractivity contribution in [3.63, 3.8) is 0 Å². The van der Waals surface area contributed by atoms with Crippen LogP contribution in [0.15, 0.2) is 122 Å². The van der Waals surface area contributed by atoms with Crippen LogP contribution >= 0.6 is 7.82 Å². The number of phosphoric ester groups is 1. The number of nitrogens with zero attached hydrogens (tertiary/aromatic N) is 1. The molecule has 0 rings (SSSR count). The second-order valence-corrected chi connectivity index (χ2v) is 20.7. The molecular weight excluding hydrogens is 904 g/mol. The van der Waals surface area contributed by atoms with E-state index in [-0.39, 0.29) is 25.4 Å². The van der Waals surface area contributed by atoms with Gasteiger partial charge in [0.05, 0.1) is 33.8 Å². The summed E-state index contributed by atoms with van der Waals surface area (Å²) in [5, 5.41) is 2.98. The molecule has 0 saturated carbocycles. The average molecular weight is 1010 g/mol. The number of carbonyl (C=O) groups excluding carboxylic acids is 2. The lowest BCUT2D eigenvalue weighted by molar-refractivity contribution is -0.870. The van der Waals surface area contributed by atoms with E-state index in [2.05, 4.69) is 123 Å². The highest BCUT2D eigenvalue weighted by Gasteiger charge is 2.27. The Labute approximate surface area is 435 Å².